The predicted molar refractivity (Wildman–Crippen MR) is 123 cm³/mol. The summed E-state index contributed by atoms with van der Waals surface area (Å²) in [5, 5.41) is 4.40. The normalized spacial score (nSPS) is 16.4. The Morgan fingerprint density at radius 1 is 1.24 bits per heavy atom. The summed E-state index contributed by atoms with van der Waals surface area (Å²) in [5.74, 6) is 0.273. The first-order valence-electron chi connectivity index (χ1n) is 11.7. The van der Waals surface area contributed by atoms with Crippen LogP contribution in [0.3, 0.4) is 0 Å². The number of fused-ring (bicyclic) bond motifs is 1. The molecule has 1 atom stereocenters. The number of nitrogens with one attached hydrogen (secondary N) is 2. The van der Waals surface area contributed by atoms with E-state index >= 15 is 0 Å². The molecule has 1 heterocycles. The van der Waals surface area contributed by atoms with E-state index in [-0.39, 0.29) is 11.8 Å². The van der Waals surface area contributed by atoms with E-state index in [1.165, 1.54) is 43.1 Å². The lowest BCUT2D eigenvalue weighted by molar-refractivity contribution is -0.120. The summed E-state index contributed by atoms with van der Waals surface area (Å²) in [6, 6.07) is 7.00. The van der Waals surface area contributed by atoms with Gasteiger partial charge in [0, 0.05) is 41.3 Å². The first kappa shape index (κ1) is 21.9. The molecule has 0 saturated heterocycles. The molecule has 1 aliphatic carbocycles. The Hall–Kier alpha value is -1.81. The van der Waals surface area contributed by atoms with Gasteiger partial charge in [-0.2, -0.15) is 0 Å². The van der Waals surface area contributed by atoms with Gasteiger partial charge in [-0.3, -0.25) is 4.79 Å². The number of anilines is 1. The summed E-state index contributed by atoms with van der Waals surface area (Å²) < 4.78 is 0. The van der Waals surface area contributed by atoms with E-state index in [1.54, 1.807) is 0 Å². The number of carbonyl (C=O) groups excluding carboxylic acids is 1. The maximum atomic E-state index is 12.7. The smallest absolute Gasteiger partial charge is 0.227 e. The van der Waals surface area contributed by atoms with Crippen LogP contribution in [0.5, 0.6) is 0 Å². The van der Waals surface area contributed by atoms with E-state index in [2.05, 4.69) is 54.4 Å². The molecule has 0 spiro atoms. The van der Waals surface area contributed by atoms with Gasteiger partial charge in [0.05, 0.1) is 0 Å². The number of benzene rings is 1. The van der Waals surface area contributed by atoms with Crippen LogP contribution in [0.15, 0.2) is 24.4 Å². The van der Waals surface area contributed by atoms with Gasteiger partial charge in [0.25, 0.3) is 0 Å². The number of hydrogen-bond donors (Lipinski definition) is 2. The van der Waals surface area contributed by atoms with Gasteiger partial charge in [-0.15, -0.1) is 0 Å². The van der Waals surface area contributed by atoms with Crippen molar-refractivity contribution in [3.63, 3.8) is 0 Å². The molecule has 0 radical (unpaired) electrons. The van der Waals surface area contributed by atoms with E-state index < -0.39 is 0 Å². The van der Waals surface area contributed by atoms with Crippen molar-refractivity contribution in [3.8, 4) is 0 Å². The molecule has 1 saturated carbocycles. The molecular formula is C25H39N3O. The van der Waals surface area contributed by atoms with E-state index in [1.807, 2.05) is 6.07 Å². The Bertz CT molecular complexity index is 775. The number of nitrogens with zero attached hydrogens (tertiary/aromatic N) is 1. The van der Waals surface area contributed by atoms with Crippen LogP contribution in [0.25, 0.3) is 10.9 Å². The fourth-order valence-electron chi connectivity index (χ4n) is 4.68. The highest BCUT2D eigenvalue weighted by Crippen LogP contribution is 2.26. The fourth-order valence-corrected chi connectivity index (χ4v) is 4.68. The average molecular weight is 398 g/mol. The van der Waals surface area contributed by atoms with E-state index in [0.717, 1.165) is 55.9 Å². The lowest BCUT2D eigenvalue weighted by Gasteiger charge is -2.31. The van der Waals surface area contributed by atoms with Gasteiger partial charge in [-0.25, -0.2) is 0 Å². The van der Waals surface area contributed by atoms with Crippen LogP contribution in [0.4, 0.5) is 5.69 Å². The maximum absolute atomic E-state index is 12.7. The molecule has 2 N–H and O–H groups in total. The van der Waals surface area contributed by atoms with Crippen LogP contribution in [0.1, 0.15) is 77.2 Å². The third-order valence-electron chi connectivity index (χ3n) is 6.74. The molecular weight excluding hydrogens is 358 g/mol. The summed E-state index contributed by atoms with van der Waals surface area (Å²) in [5.41, 5.74) is 3.41. The molecule has 1 aliphatic rings. The highest BCUT2D eigenvalue weighted by atomic mass is 16.1. The number of carbonyl (C=O) groups is 1. The van der Waals surface area contributed by atoms with Crippen molar-refractivity contribution in [2.75, 3.05) is 18.9 Å². The fraction of sp³-hybridized carbons (Fsp3) is 0.640. The quantitative estimate of drug-likeness (QED) is 0.506. The van der Waals surface area contributed by atoms with Crippen molar-refractivity contribution in [2.45, 2.75) is 84.1 Å². The zero-order valence-electron chi connectivity index (χ0n) is 18.6. The first-order valence-corrected chi connectivity index (χ1v) is 11.7. The van der Waals surface area contributed by atoms with E-state index in [4.69, 9.17) is 0 Å². The number of rotatable bonds is 10. The summed E-state index contributed by atoms with van der Waals surface area (Å²) in [6.45, 7) is 5.37. The minimum absolute atomic E-state index is 0.112. The third-order valence-corrected chi connectivity index (χ3v) is 6.74. The third kappa shape index (κ3) is 5.85. The first-order chi connectivity index (χ1) is 14.1. The van der Waals surface area contributed by atoms with Crippen LogP contribution < -0.4 is 5.32 Å². The zero-order chi connectivity index (χ0) is 20.6. The highest BCUT2D eigenvalue weighted by Gasteiger charge is 2.19. The van der Waals surface area contributed by atoms with Crippen molar-refractivity contribution in [3.05, 3.63) is 30.0 Å². The van der Waals surface area contributed by atoms with Crippen LogP contribution in [-0.4, -0.2) is 35.4 Å². The molecule has 1 fully saturated rings. The minimum atomic E-state index is 0.112. The van der Waals surface area contributed by atoms with Crippen molar-refractivity contribution >= 4 is 22.5 Å². The van der Waals surface area contributed by atoms with Gasteiger partial charge in [-0.05, 0) is 62.9 Å². The molecule has 0 bridgehead atoms. The van der Waals surface area contributed by atoms with Crippen LogP contribution in [0, 0.1) is 5.92 Å². The van der Waals surface area contributed by atoms with Gasteiger partial charge in [0.15, 0.2) is 0 Å². The predicted octanol–water partition coefficient (Wildman–Crippen LogP) is 6.13. The van der Waals surface area contributed by atoms with Gasteiger partial charge < -0.3 is 15.2 Å². The van der Waals surface area contributed by atoms with Gasteiger partial charge in [0.1, 0.15) is 0 Å². The zero-order valence-corrected chi connectivity index (χ0v) is 18.6. The summed E-state index contributed by atoms with van der Waals surface area (Å²) >= 11 is 0. The second-order valence-electron chi connectivity index (χ2n) is 8.83. The van der Waals surface area contributed by atoms with Crippen molar-refractivity contribution in [1.29, 1.82) is 0 Å². The van der Waals surface area contributed by atoms with Crippen molar-refractivity contribution in [2.24, 2.45) is 5.92 Å². The molecule has 29 heavy (non-hydrogen) atoms. The molecule has 1 aromatic carbocycles. The summed E-state index contributed by atoms with van der Waals surface area (Å²) in [7, 11) is 2.28. The van der Waals surface area contributed by atoms with Crippen molar-refractivity contribution < 1.29 is 4.79 Å². The topological polar surface area (TPSA) is 48.1 Å². The second kappa shape index (κ2) is 10.8. The maximum Gasteiger partial charge on any atom is 0.227 e. The molecule has 0 aliphatic heterocycles. The van der Waals surface area contributed by atoms with Gasteiger partial charge in [0.2, 0.25) is 5.91 Å². The molecule has 2 aromatic rings. The molecule has 1 amide bonds. The Labute approximate surface area is 176 Å². The molecule has 1 unspecified atom stereocenters. The molecule has 4 heteroatoms. The minimum Gasteiger partial charge on any atom is -0.361 e. The number of likely N-dealkylation sites (N-methyl/N-ethyl adjacent to an activating group) is 1. The molecule has 3 rings (SSSR count). The average Bonchev–Trinajstić information content (AvgIpc) is 3.15. The number of unbranched alkanes of at least 4 members (excludes halogenated alkanes) is 1. The number of aromatic amines is 1. The number of hydrogen-bond acceptors (Lipinski definition) is 2. The van der Waals surface area contributed by atoms with Gasteiger partial charge in [-0.1, -0.05) is 46.0 Å². The second-order valence-corrected chi connectivity index (χ2v) is 8.83. The van der Waals surface area contributed by atoms with E-state index in [9.17, 15) is 4.79 Å². The SMILES string of the molecule is CCCCC(CC)C(=O)Nc1ccc2[nH]cc(CCN(C)C3CCCCC3)c2c1. The summed E-state index contributed by atoms with van der Waals surface area (Å²) in [4.78, 5) is 18.6. The molecule has 1 aromatic heterocycles. The number of amides is 1. The largest absolute Gasteiger partial charge is 0.361 e. The summed E-state index contributed by atoms with van der Waals surface area (Å²) in [6.07, 6.45) is 14.1. The van der Waals surface area contributed by atoms with E-state index in [0.29, 0.717) is 0 Å². The lowest BCUT2D eigenvalue weighted by atomic mass is 9.94. The molecule has 160 valence electrons. The highest BCUT2D eigenvalue weighted by molar-refractivity contribution is 5.95. The van der Waals surface area contributed by atoms with Crippen LogP contribution in [-0.2, 0) is 11.2 Å². The standard InChI is InChI=1S/C25H39N3O/c1-4-6-10-19(5-2)25(29)27-21-13-14-24-23(17-21)20(18-26-24)15-16-28(3)22-11-8-7-9-12-22/h13-14,17-19,22,26H,4-12,15-16H2,1-3H3,(H,27,29). The lowest BCUT2D eigenvalue weighted by Crippen LogP contribution is -2.34. The number of H-pyrrole nitrogens is 1. The van der Waals surface area contributed by atoms with Crippen molar-refractivity contribution in [1.82, 2.24) is 9.88 Å². The van der Waals surface area contributed by atoms with Crippen LogP contribution in [0.2, 0.25) is 0 Å². The Morgan fingerprint density at radius 3 is 2.76 bits per heavy atom. The number of aromatic nitrogens is 1. The monoisotopic (exact) mass is 397 g/mol. The van der Waals surface area contributed by atoms with Gasteiger partial charge >= 0.3 is 0 Å². The molecule has 4 nitrogen and oxygen atoms in total. The Morgan fingerprint density at radius 2 is 2.03 bits per heavy atom. The van der Waals surface area contributed by atoms with Crippen LogP contribution >= 0.6 is 0 Å². The Balaban J connectivity index is 1.63. The Kier molecular flexibility index (Phi) is 8.17.